The molecule has 23 heavy (non-hydrogen) atoms. The molecule has 1 saturated heterocycles. The van der Waals surface area contributed by atoms with Crippen LogP contribution < -0.4 is 0 Å². The molecule has 0 unspecified atom stereocenters. The van der Waals surface area contributed by atoms with Gasteiger partial charge < -0.3 is 10.0 Å². The molecule has 0 saturated carbocycles. The van der Waals surface area contributed by atoms with Crippen molar-refractivity contribution in [2.75, 3.05) is 13.1 Å². The van der Waals surface area contributed by atoms with Gasteiger partial charge in [-0.05, 0) is 48.6 Å². The average molecular weight is 334 g/mol. The Balaban J connectivity index is 1.48. The Morgan fingerprint density at radius 3 is 2.87 bits per heavy atom. The van der Waals surface area contributed by atoms with E-state index in [0.29, 0.717) is 12.1 Å². The second kappa shape index (κ2) is 7.23. The van der Waals surface area contributed by atoms with Crippen LogP contribution in [0.25, 0.3) is 0 Å². The fourth-order valence-electron chi connectivity index (χ4n) is 2.88. The molecular weight excluding hydrogens is 312 g/mol. The molecule has 124 valence electrons. The fraction of sp³-hybridized carbons (Fsp3) is 0.562. The summed E-state index contributed by atoms with van der Waals surface area (Å²) < 4.78 is 1.83. The average Bonchev–Trinajstić information content (AvgIpc) is 3.24. The number of nitrogens with zero attached hydrogens (tertiary/aromatic N) is 4. The van der Waals surface area contributed by atoms with Gasteiger partial charge in [0.2, 0.25) is 5.91 Å². The van der Waals surface area contributed by atoms with Gasteiger partial charge in [-0.3, -0.25) is 4.79 Å². The van der Waals surface area contributed by atoms with Crippen LogP contribution in [0.5, 0.6) is 0 Å². The third kappa shape index (κ3) is 3.97. The van der Waals surface area contributed by atoms with Gasteiger partial charge in [0.05, 0.1) is 18.3 Å². The topological polar surface area (TPSA) is 71.2 Å². The Kier molecular flexibility index (Phi) is 5.07. The van der Waals surface area contributed by atoms with Crippen molar-refractivity contribution in [1.82, 2.24) is 19.9 Å². The summed E-state index contributed by atoms with van der Waals surface area (Å²) in [6.45, 7) is 3.21. The molecule has 1 atom stereocenters. The molecule has 2 aromatic heterocycles. The molecule has 3 heterocycles. The van der Waals surface area contributed by atoms with Gasteiger partial charge in [-0.2, -0.15) is 11.3 Å². The molecule has 1 aliphatic rings. The third-order valence-electron chi connectivity index (χ3n) is 4.35. The minimum absolute atomic E-state index is 0.234. The summed E-state index contributed by atoms with van der Waals surface area (Å²) in [5, 5.41) is 21.8. The Morgan fingerprint density at radius 1 is 1.48 bits per heavy atom. The Hall–Kier alpha value is -1.73. The molecule has 0 bridgehead atoms. The number of aromatic nitrogens is 3. The summed E-state index contributed by atoms with van der Waals surface area (Å²) in [5.41, 5.74) is 1.84. The van der Waals surface area contributed by atoms with Crippen molar-refractivity contribution in [3.05, 3.63) is 34.3 Å². The molecular formula is C16H22N4O2S. The molecule has 1 amide bonds. The standard InChI is InChI=1S/C16H22N4O2S/c1-12(21)15-10-20(18-17-15)14-4-7-19(8-5-14)16(22)3-2-13-6-9-23-11-13/h6,9-12,14,21H,2-5,7-8H2,1H3/t12-/m0/s1. The minimum Gasteiger partial charge on any atom is -0.387 e. The molecule has 1 aliphatic heterocycles. The lowest BCUT2D eigenvalue weighted by Crippen LogP contribution is -2.39. The number of rotatable bonds is 5. The minimum atomic E-state index is -0.595. The van der Waals surface area contributed by atoms with E-state index < -0.39 is 6.10 Å². The molecule has 0 aliphatic carbocycles. The maximum Gasteiger partial charge on any atom is 0.222 e. The lowest BCUT2D eigenvalue weighted by molar-refractivity contribution is -0.132. The first-order chi connectivity index (χ1) is 11.1. The molecule has 1 N–H and O–H groups in total. The van der Waals surface area contributed by atoms with E-state index in [4.69, 9.17) is 0 Å². The third-order valence-corrected chi connectivity index (χ3v) is 5.09. The van der Waals surface area contributed by atoms with Gasteiger partial charge >= 0.3 is 0 Å². The smallest absolute Gasteiger partial charge is 0.222 e. The molecule has 2 aromatic rings. The summed E-state index contributed by atoms with van der Waals surface area (Å²) in [5.74, 6) is 0.234. The van der Waals surface area contributed by atoms with Crippen molar-refractivity contribution < 1.29 is 9.90 Å². The second-order valence-electron chi connectivity index (χ2n) is 6.04. The predicted octanol–water partition coefficient (Wildman–Crippen LogP) is 2.19. The van der Waals surface area contributed by atoms with Crippen LogP contribution in [-0.4, -0.2) is 44.0 Å². The number of likely N-dealkylation sites (tertiary alicyclic amines) is 1. The van der Waals surface area contributed by atoms with Crippen molar-refractivity contribution in [2.45, 2.75) is 44.8 Å². The van der Waals surface area contributed by atoms with Gasteiger partial charge in [0.25, 0.3) is 0 Å². The predicted molar refractivity (Wildman–Crippen MR) is 88.1 cm³/mol. The molecule has 1 fully saturated rings. The van der Waals surface area contributed by atoms with Crippen LogP contribution in [0.15, 0.2) is 23.0 Å². The highest BCUT2D eigenvalue weighted by Gasteiger charge is 2.24. The first-order valence-corrected chi connectivity index (χ1v) is 8.96. The zero-order valence-corrected chi connectivity index (χ0v) is 14.1. The Labute approximate surface area is 139 Å². The molecule has 0 aromatic carbocycles. The van der Waals surface area contributed by atoms with Crippen LogP contribution in [0.3, 0.4) is 0 Å². The second-order valence-corrected chi connectivity index (χ2v) is 6.82. The van der Waals surface area contributed by atoms with Crippen molar-refractivity contribution >= 4 is 17.2 Å². The van der Waals surface area contributed by atoms with Gasteiger partial charge in [0.15, 0.2) is 0 Å². The number of aryl methyl sites for hydroxylation is 1. The number of aliphatic hydroxyl groups is 1. The quantitative estimate of drug-likeness (QED) is 0.910. The van der Waals surface area contributed by atoms with E-state index in [1.807, 2.05) is 21.2 Å². The lowest BCUT2D eigenvalue weighted by atomic mass is 10.0. The van der Waals surface area contributed by atoms with Crippen LogP contribution in [0.1, 0.15) is 49.6 Å². The molecule has 0 spiro atoms. The van der Waals surface area contributed by atoms with Crippen LogP contribution in [0.4, 0.5) is 0 Å². The fourth-order valence-corrected chi connectivity index (χ4v) is 3.59. The largest absolute Gasteiger partial charge is 0.387 e. The summed E-state index contributed by atoms with van der Waals surface area (Å²) in [4.78, 5) is 14.2. The Morgan fingerprint density at radius 2 is 2.26 bits per heavy atom. The zero-order chi connectivity index (χ0) is 16.2. The number of aliphatic hydroxyl groups excluding tert-OH is 1. The van der Waals surface area contributed by atoms with E-state index in [1.54, 1.807) is 18.3 Å². The van der Waals surface area contributed by atoms with Gasteiger partial charge in [-0.1, -0.05) is 5.21 Å². The number of hydrogen-bond acceptors (Lipinski definition) is 5. The highest BCUT2D eigenvalue weighted by molar-refractivity contribution is 7.07. The zero-order valence-electron chi connectivity index (χ0n) is 13.3. The monoisotopic (exact) mass is 334 g/mol. The molecule has 3 rings (SSSR count). The van der Waals surface area contributed by atoms with Crippen LogP contribution in [0, 0.1) is 0 Å². The van der Waals surface area contributed by atoms with Crippen molar-refractivity contribution in [2.24, 2.45) is 0 Å². The maximum absolute atomic E-state index is 12.3. The van der Waals surface area contributed by atoms with Crippen molar-refractivity contribution in [1.29, 1.82) is 0 Å². The number of piperidine rings is 1. The molecule has 6 nitrogen and oxygen atoms in total. The normalized spacial score (nSPS) is 17.4. The number of hydrogen-bond donors (Lipinski definition) is 1. The first kappa shape index (κ1) is 16.1. The van der Waals surface area contributed by atoms with E-state index in [9.17, 15) is 9.90 Å². The summed E-state index contributed by atoms with van der Waals surface area (Å²) >= 11 is 1.67. The van der Waals surface area contributed by atoms with Gasteiger partial charge in [0, 0.05) is 19.5 Å². The number of carbonyl (C=O) groups excluding carboxylic acids is 1. The van der Waals surface area contributed by atoms with E-state index >= 15 is 0 Å². The van der Waals surface area contributed by atoms with Gasteiger partial charge in [0.1, 0.15) is 5.69 Å². The highest BCUT2D eigenvalue weighted by Crippen LogP contribution is 2.23. The maximum atomic E-state index is 12.3. The van der Waals surface area contributed by atoms with E-state index in [2.05, 4.69) is 21.8 Å². The number of carbonyl (C=O) groups is 1. The van der Waals surface area contributed by atoms with E-state index in [0.717, 1.165) is 32.4 Å². The number of amides is 1. The van der Waals surface area contributed by atoms with Crippen molar-refractivity contribution in [3.63, 3.8) is 0 Å². The highest BCUT2D eigenvalue weighted by atomic mass is 32.1. The molecule has 7 heteroatoms. The van der Waals surface area contributed by atoms with Crippen molar-refractivity contribution in [3.8, 4) is 0 Å². The summed E-state index contributed by atoms with van der Waals surface area (Å²) in [6.07, 6.45) is 4.38. The van der Waals surface area contributed by atoms with Crippen LogP contribution >= 0.6 is 11.3 Å². The number of thiophene rings is 1. The Bertz CT molecular complexity index is 630. The summed E-state index contributed by atoms with van der Waals surface area (Å²) in [6, 6.07) is 2.34. The summed E-state index contributed by atoms with van der Waals surface area (Å²) in [7, 11) is 0. The van der Waals surface area contributed by atoms with Crippen LogP contribution in [-0.2, 0) is 11.2 Å². The van der Waals surface area contributed by atoms with Crippen LogP contribution in [0.2, 0.25) is 0 Å². The van der Waals surface area contributed by atoms with E-state index in [-0.39, 0.29) is 11.9 Å². The van der Waals surface area contributed by atoms with Gasteiger partial charge in [-0.25, -0.2) is 4.68 Å². The van der Waals surface area contributed by atoms with E-state index in [1.165, 1.54) is 5.56 Å². The first-order valence-electron chi connectivity index (χ1n) is 8.02. The lowest BCUT2D eigenvalue weighted by Gasteiger charge is -2.32. The van der Waals surface area contributed by atoms with Gasteiger partial charge in [-0.15, -0.1) is 5.10 Å². The molecule has 0 radical (unpaired) electrons. The SMILES string of the molecule is C[C@H](O)c1cn(C2CCN(C(=O)CCc3ccsc3)CC2)nn1.